The monoisotopic (exact) mass is 359 g/mol. The average molecular weight is 360 g/mol. The molecule has 1 atom stereocenters. The van der Waals surface area contributed by atoms with Crippen molar-refractivity contribution in [3.63, 3.8) is 0 Å². The van der Waals surface area contributed by atoms with Crippen LogP contribution in [0.4, 0.5) is 5.69 Å². The van der Waals surface area contributed by atoms with Crippen LogP contribution in [0.2, 0.25) is 5.02 Å². The van der Waals surface area contributed by atoms with E-state index in [2.05, 4.69) is 16.7 Å². The van der Waals surface area contributed by atoms with Crippen molar-refractivity contribution in [2.45, 2.75) is 17.9 Å². The van der Waals surface area contributed by atoms with Crippen molar-refractivity contribution >= 4 is 35.0 Å². The number of thioether (sulfide) groups is 1. The van der Waals surface area contributed by atoms with Crippen LogP contribution in [-0.2, 0) is 4.79 Å². The first-order chi connectivity index (χ1) is 11.6. The van der Waals surface area contributed by atoms with Gasteiger partial charge in [0.2, 0.25) is 5.91 Å². The van der Waals surface area contributed by atoms with E-state index < -0.39 is 0 Å². The number of amides is 1. The van der Waals surface area contributed by atoms with Gasteiger partial charge < -0.3 is 10.6 Å². The Morgan fingerprint density at radius 3 is 2.71 bits per heavy atom. The van der Waals surface area contributed by atoms with E-state index in [1.165, 1.54) is 11.8 Å². The molecule has 0 spiro atoms. The summed E-state index contributed by atoms with van der Waals surface area (Å²) in [6.07, 6.45) is 0. The Balaban J connectivity index is 1.92. The Morgan fingerprint density at radius 1 is 1.25 bits per heavy atom. The first kappa shape index (κ1) is 18.3. The zero-order valence-corrected chi connectivity index (χ0v) is 14.8. The van der Waals surface area contributed by atoms with Gasteiger partial charge in [-0.3, -0.25) is 4.79 Å². The van der Waals surface area contributed by atoms with Gasteiger partial charge in [-0.2, -0.15) is 5.26 Å². The molecule has 0 aliphatic heterocycles. The first-order valence-electron chi connectivity index (χ1n) is 7.48. The molecule has 2 N–H and O–H groups in total. The van der Waals surface area contributed by atoms with Gasteiger partial charge in [0, 0.05) is 16.0 Å². The van der Waals surface area contributed by atoms with E-state index in [9.17, 15) is 4.79 Å². The fraction of sp³-hybridized carbons (Fsp3) is 0.222. The number of carbonyl (C=O) groups is 1. The second-order valence-electron chi connectivity index (χ2n) is 5.12. The van der Waals surface area contributed by atoms with Crippen molar-refractivity contribution in [1.29, 1.82) is 5.26 Å². The van der Waals surface area contributed by atoms with Crippen LogP contribution in [0, 0.1) is 11.3 Å². The van der Waals surface area contributed by atoms with Crippen LogP contribution in [0.15, 0.2) is 53.4 Å². The Labute approximate surface area is 151 Å². The maximum absolute atomic E-state index is 12.2. The summed E-state index contributed by atoms with van der Waals surface area (Å²) in [5, 5.41) is 15.4. The number of hydrogen-bond acceptors (Lipinski definition) is 4. The van der Waals surface area contributed by atoms with Crippen molar-refractivity contribution in [3.05, 3.63) is 59.1 Å². The number of nitrogens with one attached hydrogen (secondary N) is 2. The zero-order chi connectivity index (χ0) is 17.4. The first-order valence-corrected chi connectivity index (χ1v) is 8.84. The van der Waals surface area contributed by atoms with Gasteiger partial charge in [-0.15, -0.1) is 11.8 Å². The highest BCUT2D eigenvalue weighted by Crippen LogP contribution is 2.26. The topological polar surface area (TPSA) is 64.9 Å². The molecule has 0 saturated heterocycles. The van der Waals surface area contributed by atoms with Crippen molar-refractivity contribution in [1.82, 2.24) is 5.32 Å². The molecule has 124 valence electrons. The Hall–Kier alpha value is -2.00. The fourth-order valence-electron chi connectivity index (χ4n) is 2.18. The lowest BCUT2D eigenvalue weighted by Gasteiger charge is -2.16. The molecule has 0 unspecified atom stereocenters. The van der Waals surface area contributed by atoms with Crippen LogP contribution in [0.3, 0.4) is 0 Å². The minimum absolute atomic E-state index is 0.0346. The number of para-hydroxylation sites is 1. The van der Waals surface area contributed by atoms with Gasteiger partial charge >= 0.3 is 0 Å². The second-order valence-corrected chi connectivity index (χ2v) is 6.54. The highest BCUT2D eigenvalue weighted by molar-refractivity contribution is 7.99. The molecule has 1 amide bonds. The Bertz CT molecular complexity index is 745. The number of anilines is 1. The van der Waals surface area contributed by atoms with Crippen LogP contribution >= 0.6 is 23.4 Å². The highest BCUT2D eigenvalue weighted by atomic mass is 35.5. The summed E-state index contributed by atoms with van der Waals surface area (Å²) in [5.74, 6) is 0.202. The third kappa shape index (κ3) is 5.27. The molecule has 4 nitrogen and oxygen atoms in total. The third-order valence-electron chi connectivity index (χ3n) is 3.39. The van der Waals surface area contributed by atoms with Crippen LogP contribution in [0.5, 0.6) is 0 Å². The summed E-state index contributed by atoms with van der Waals surface area (Å²) in [6, 6.07) is 17.1. The van der Waals surface area contributed by atoms with E-state index in [0.29, 0.717) is 10.8 Å². The minimum atomic E-state index is -0.140. The number of carbonyl (C=O) groups excluding carboxylic acids is 1. The summed E-state index contributed by atoms with van der Waals surface area (Å²) in [7, 11) is 0. The summed E-state index contributed by atoms with van der Waals surface area (Å²) >= 11 is 7.56. The summed E-state index contributed by atoms with van der Waals surface area (Å²) in [4.78, 5) is 13.1. The number of nitrogens with zero attached hydrogens (tertiary/aromatic N) is 1. The lowest BCUT2D eigenvalue weighted by Crippen LogP contribution is -2.30. The van der Waals surface area contributed by atoms with Gasteiger partial charge in [-0.05, 0) is 30.7 Å². The minimum Gasteiger partial charge on any atom is -0.324 e. The van der Waals surface area contributed by atoms with Crippen LogP contribution < -0.4 is 10.6 Å². The van der Waals surface area contributed by atoms with Gasteiger partial charge in [0.25, 0.3) is 0 Å². The predicted molar refractivity (Wildman–Crippen MR) is 99.3 cm³/mol. The maximum Gasteiger partial charge on any atom is 0.238 e. The fourth-order valence-corrected chi connectivity index (χ4v) is 3.15. The Morgan fingerprint density at radius 2 is 1.96 bits per heavy atom. The normalized spacial score (nSPS) is 11.5. The van der Waals surface area contributed by atoms with Crippen molar-refractivity contribution in [2.75, 3.05) is 17.6 Å². The van der Waals surface area contributed by atoms with Gasteiger partial charge in [0.05, 0.1) is 24.1 Å². The van der Waals surface area contributed by atoms with Gasteiger partial charge in [0.15, 0.2) is 0 Å². The third-order valence-corrected chi connectivity index (χ3v) is 4.68. The molecular formula is C18H18ClN3OS. The molecule has 2 aromatic carbocycles. The van der Waals surface area contributed by atoms with E-state index in [0.717, 1.165) is 16.1 Å². The molecule has 0 saturated carbocycles. The molecule has 2 aromatic rings. The summed E-state index contributed by atoms with van der Waals surface area (Å²) < 4.78 is 0. The summed E-state index contributed by atoms with van der Waals surface area (Å²) in [6.45, 7) is 2.13. The largest absolute Gasteiger partial charge is 0.324 e. The van der Waals surface area contributed by atoms with Crippen molar-refractivity contribution < 1.29 is 4.79 Å². The molecule has 0 aromatic heterocycles. The average Bonchev–Trinajstić information content (AvgIpc) is 2.59. The van der Waals surface area contributed by atoms with E-state index in [1.54, 1.807) is 0 Å². The van der Waals surface area contributed by atoms with Gasteiger partial charge in [0.1, 0.15) is 0 Å². The molecule has 0 radical (unpaired) electrons. The van der Waals surface area contributed by atoms with Crippen molar-refractivity contribution in [2.24, 2.45) is 0 Å². The number of hydrogen-bond donors (Lipinski definition) is 2. The zero-order valence-electron chi connectivity index (χ0n) is 13.3. The predicted octanol–water partition coefficient (Wildman–Crippen LogP) is 4.24. The van der Waals surface area contributed by atoms with E-state index in [-0.39, 0.29) is 18.5 Å². The molecule has 0 aliphatic rings. The Kier molecular flexibility index (Phi) is 7.13. The number of halogens is 1. The standard InChI is InChI=1S/C18H18ClN3OS/c1-13(14-6-2-3-7-15(14)19)21-12-18(23)22-16-8-4-5-9-17(16)24-11-10-20/h2-9,13,21H,11-12H2,1H3,(H,22,23)/t13-/m1/s1. The molecule has 2 rings (SSSR count). The van der Waals surface area contributed by atoms with E-state index in [4.69, 9.17) is 16.9 Å². The molecule has 0 aliphatic carbocycles. The number of benzene rings is 2. The van der Waals surface area contributed by atoms with Crippen molar-refractivity contribution in [3.8, 4) is 6.07 Å². The molecule has 0 heterocycles. The lowest BCUT2D eigenvalue weighted by molar-refractivity contribution is -0.115. The molecule has 0 fully saturated rings. The molecule has 24 heavy (non-hydrogen) atoms. The SMILES string of the molecule is C[C@@H](NCC(=O)Nc1ccccc1SCC#N)c1ccccc1Cl. The van der Waals surface area contributed by atoms with Crippen LogP contribution in [0.25, 0.3) is 0 Å². The molecule has 6 heteroatoms. The van der Waals surface area contributed by atoms with Crippen LogP contribution in [-0.4, -0.2) is 18.2 Å². The molecular weight excluding hydrogens is 342 g/mol. The van der Waals surface area contributed by atoms with E-state index >= 15 is 0 Å². The number of rotatable bonds is 7. The van der Waals surface area contributed by atoms with Gasteiger partial charge in [-0.25, -0.2) is 0 Å². The lowest BCUT2D eigenvalue weighted by atomic mass is 10.1. The smallest absolute Gasteiger partial charge is 0.238 e. The molecule has 0 bridgehead atoms. The van der Waals surface area contributed by atoms with Crippen LogP contribution in [0.1, 0.15) is 18.5 Å². The highest BCUT2D eigenvalue weighted by Gasteiger charge is 2.11. The van der Waals surface area contributed by atoms with Gasteiger partial charge in [-0.1, -0.05) is 41.9 Å². The quantitative estimate of drug-likeness (QED) is 0.725. The maximum atomic E-state index is 12.2. The van der Waals surface area contributed by atoms with E-state index in [1.807, 2.05) is 55.5 Å². The summed E-state index contributed by atoms with van der Waals surface area (Å²) in [5.41, 5.74) is 1.67. The second kappa shape index (κ2) is 9.33. The number of nitriles is 1.